The number of rotatable bonds is 6. The molecule has 4 nitrogen and oxygen atoms in total. The summed E-state index contributed by atoms with van der Waals surface area (Å²) in [5, 5.41) is 6.41. The van der Waals surface area contributed by atoms with Gasteiger partial charge in [-0.25, -0.2) is 0 Å². The number of carbonyl (C=O) groups is 2. The van der Waals surface area contributed by atoms with E-state index in [1.807, 2.05) is 55.5 Å². The van der Waals surface area contributed by atoms with Crippen LogP contribution in [-0.4, -0.2) is 11.8 Å². The van der Waals surface area contributed by atoms with Gasteiger partial charge in [0.05, 0.1) is 6.04 Å². The lowest BCUT2D eigenvalue weighted by Gasteiger charge is -2.14. The topological polar surface area (TPSA) is 58.2 Å². The minimum absolute atomic E-state index is 0.104. The minimum atomic E-state index is -0.218. The molecule has 1 atom stereocenters. The fourth-order valence-corrected chi connectivity index (χ4v) is 3.00. The second-order valence-electron chi connectivity index (χ2n) is 6.46. The first-order valence-corrected chi connectivity index (χ1v) is 9.40. The largest absolute Gasteiger partial charge is 0.348 e. The molecule has 3 aromatic rings. The van der Waals surface area contributed by atoms with Gasteiger partial charge in [0.1, 0.15) is 0 Å². The van der Waals surface area contributed by atoms with Crippen molar-refractivity contribution in [2.75, 3.05) is 0 Å². The molecule has 3 aromatic carbocycles. The lowest BCUT2D eigenvalue weighted by molar-refractivity contribution is 0.0932. The Morgan fingerprint density at radius 2 is 1.39 bits per heavy atom. The van der Waals surface area contributed by atoms with Crippen molar-refractivity contribution >= 4 is 23.4 Å². The van der Waals surface area contributed by atoms with E-state index < -0.39 is 0 Å². The number of hydrogen-bond donors (Lipinski definition) is 2. The number of halogens is 1. The van der Waals surface area contributed by atoms with Crippen LogP contribution in [0.5, 0.6) is 0 Å². The van der Waals surface area contributed by atoms with Crippen molar-refractivity contribution in [3.63, 3.8) is 0 Å². The van der Waals surface area contributed by atoms with Crippen molar-refractivity contribution < 1.29 is 9.59 Å². The number of benzene rings is 3. The smallest absolute Gasteiger partial charge is 0.251 e. The number of amides is 2. The Kier molecular flexibility index (Phi) is 6.45. The third-order valence-corrected chi connectivity index (χ3v) is 4.82. The summed E-state index contributed by atoms with van der Waals surface area (Å²) in [4.78, 5) is 24.7. The van der Waals surface area contributed by atoms with Crippen LogP contribution >= 0.6 is 11.6 Å². The fraction of sp³-hybridized carbons (Fsp3) is 0.130. The van der Waals surface area contributed by atoms with Gasteiger partial charge in [0.25, 0.3) is 11.8 Å². The third kappa shape index (κ3) is 4.99. The molecule has 28 heavy (non-hydrogen) atoms. The van der Waals surface area contributed by atoms with Crippen LogP contribution < -0.4 is 10.6 Å². The zero-order valence-corrected chi connectivity index (χ0v) is 16.2. The highest BCUT2D eigenvalue weighted by molar-refractivity contribution is 6.31. The van der Waals surface area contributed by atoms with Gasteiger partial charge in [-0.05, 0) is 48.4 Å². The van der Waals surface area contributed by atoms with Crippen molar-refractivity contribution in [2.45, 2.75) is 19.5 Å². The van der Waals surface area contributed by atoms with E-state index in [2.05, 4.69) is 10.6 Å². The third-order valence-electron chi connectivity index (χ3n) is 4.45. The first-order valence-electron chi connectivity index (χ1n) is 9.02. The molecule has 0 aliphatic rings. The number of hydrogen-bond acceptors (Lipinski definition) is 2. The van der Waals surface area contributed by atoms with Crippen LogP contribution in [0, 0.1) is 0 Å². The van der Waals surface area contributed by atoms with Crippen LogP contribution in [0.1, 0.15) is 44.8 Å². The maximum absolute atomic E-state index is 12.4. The lowest BCUT2D eigenvalue weighted by atomic mass is 10.1. The highest BCUT2D eigenvalue weighted by Gasteiger charge is 2.12. The Morgan fingerprint density at radius 3 is 2.04 bits per heavy atom. The normalized spacial score (nSPS) is 11.5. The van der Waals surface area contributed by atoms with Gasteiger partial charge in [0, 0.05) is 22.7 Å². The maximum atomic E-state index is 12.4. The van der Waals surface area contributed by atoms with Crippen molar-refractivity contribution in [3.8, 4) is 0 Å². The van der Waals surface area contributed by atoms with Gasteiger partial charge in [-0.3, -0.25) is 9.59 Å². The summed E-state index contributed by atoms with van der Waals surface area (Å²) in [7, 11) is 0. The Morgan fingerprint density at radius 1 is 0.821 bits per heavy atom. The van der Waals surface area contributed by atoms with Gasteiger partial charge in [0.2, 0.25) is 0 Å². The molecule has 0 aliphatic carbocycles. The van der Waals surface area contributed by atoms with Crippen molar-refractivity contribution in [3.05, 3.63) is 106 Å². The Hall–Kier alpha value is -3.11. The molecule has 0 fully saturated rings. The van der Waals surface area contributed by atoms with E-state index in [1.165, 1.54) is 0 Å². The van der Waals surface area contributed by atoms with Crippen LogP contribution in [0.4, 0.5) is 0 Å². The van der Waals surface area contributed by atoms with E-state index in [0.29, 0.717) is 22.7 Å². The molecule has 0 heterocycles. The molecule has 2 N–H and O–H groups in total. The van der Waals surface area contributed by atoms with Gasteiger partial charge in [-0.2, -0.15) is 0 Å². The van der Waals surface area contributed by atoms with Crippen LogP contribution in [-0.2, 0) is 6.54 Å². The molecule has 1 unspecified atom stereocenters. The SMILES string of the molecule is CC(NC(=O)c1ccc(C(=O)NCc2ccccc2Cl)cc1)c1ccccc1. The standard InChI is InChI=1S/C23H21ClN2O2/c1-16(17-7-3-2-4-8-17)26-23(28)19-13-11-18(12-14-19)22(27)25-15-20-9-5-6-10-21(20)24/h2-14,16H,15H2,1H3,(H,25,27)(H,26,28). The zero-order chi connectivity index (χ0) is 19.9. The van der Waals surface area contributed by atoms with Gasteiger partial charge in [0.15, 0.2) is 0 Å². The van der Waals surface area contributed by atoms with Crippen LogP contribution in [0.15, 0.2) is 78.9 Å². The van der Waals surface area contributed by atoms with E-state index in [4.69, 9.17) is 11.6 Å². The summed E-state index contributed by atoms with van der Waals surface area (Å²) in [6, 6.07) is 23.6. The van der Waals surface area contributed by atoms with Crippen LogP contribution in [0.2, 0.25) is 5.02 Å². The van der Waals surface area contributed by atoms with Crippen LogP contribution in [0.25, 0.3) is 0 Å². The summed E-state index contributed by atoms with van der Waals surface area (Å²) < 4.78 is 0. The monoisotopic (exact) mass is 392 g/mol. The molecule has 3 rings (SSSR count). The second kappa shape index (κ2) is 9.20. The highest BCUT2D eigenvalue weighted by atomic mass is 35.5. The first kappa shape index (κ1) is 19.6. The van der Waals surface area contributed by atoms with E-state index in [9.17, 15) is 9.59 Å². The average molecular weight is 393 g/mol. The summed E-state index contributed by atoms with van der Waals surface area (Å²) in [5.74, 6) is -0.399. The molecule has 5 heteroatoms. The predicted octanol–water partition coefficient (Wildman–Crippen LogP) is 4.76. The molecule has 0 aliphatic heterocycles. The van der Waals surface area contributed by atoms with E-state index >= 15 is 0 Å². The Labute approximate surface area is 169 Å². The molecule has 0 bridgehead atoms. The number of nitrogens with one attached hydrogen (secondary N) is 2. The molecule has 0 aromatic heterocycles. The Balaban J connectivity index is 1.58. The molecule has 0 saturated carbocycles. The van der Waals surface area contributed by atoms with Gasteiger partial charge in [-0.1, -0.05) is 60.1 Å². The molecule has 142 valence electrons. The van der Waals surface area contributed by atoms with Crippen LogP contribution in [0.3, 0.4) is 0 Å². The van der Waals surface area contributed by atoms with E-state index in [0.717, 1.165) is 11.1 Å². The summed E-state index contributed by atoms with van der Waals surface area (Å²) in [5.41, 5.74) is 2.87. The molecule has 0 spiro atoms. The predicted molar refractivity (Wildman–Crippen MR) is 111 cm³/mol. The average Bonchev–Trinajstić information content (AvgIpc) is 2.73. The zero-order valence-electron chi connectivity index (χ0n) is 15.5. The van der Waals surface area contributed by atoms with Gasteiger partial charge in [-0.15, -0.1) is 0 Å². The van der Waals surface area contributed by atoms with Gasteiger partial charge >= 0.3 is 0 Å². The number of carbonyl (C=O) groups excluding carboxylic acids is 2. The maximum Gasteiger partial charge on any atom is 0.251 e. The summed E-state index contributed by atoms with van der Waals surface area (Å²) in [6.45, 7) is 2.28. The Bertz CT molecular complexity index is 956. The van der Waals surface area contributed by atoms with Gasteiger partial charge < -0.3 is 10.6 Å². The molecule has 0 radical (unpaired) electrons. The van der Waals surface area contributed by atoms with E-state index in [1.54, 1.807) is 30.3 Å². The minimum Gasteiger partial charge on any atom is -0.348 e. The molecule has 2 amide bonds. The quantitative estimate of drug-likeness (QED) is 0.635. The molecule has 0 saturated heterocycles. The first-order chi connectivity index (χ1) is 13.5. The van der Waals surface area contributed by atoms with Crippen molar-refractivity contribution in [1.82, 2.24) is 10.6 Å². The summed E-state index contributed by atoms with van der Waals surface area (Å²) >= 11 is 6.10. The van der Waals surface area contributed by atoms with Crippen molar-refractivity contribution in [2.24, 2.45) is 0 Å². The fourth-order valence-electron chi connectivity index (χ4n) is 2.80. The second-order valence-corrected chi connectivity index (χ2v) is 6.86. The highest BCUT2D eigenvalue weighted by Crippen LogP contribution is 2.15. The molecular formula is C23H21ClN2O2. The lowest BCUT2D eigenvalue weighted by Crippen LogP contribution is -2.27. The summed E-state index contributed by atoms with van der Waals surface area (Å²) in [6.07, 6.45) is 0. The molecular weight excluding hydrogens is 372 g/mol. The van der Waals surface area contributed by atoms with Crippen molar-refractivity contribution in [1.29, 1.82) is 0 Å². The van der Waals surface area contributed by atoms with E-state index in [-0.39, 0.29) is 17.9 Å².